The van der Waals surface area contributed by atoms with Crippen LogP contribution in [0.1, 0.15) is 27.2 Å². The Kier molecular flexibility index (Phi) is 8.59. The van der Waals surface area contributed by atoms with Gasteiger partial charge in [0.2, 0.25) is 0 Å². The molecule has 4 nitrogen and oxygen atoms in total. The topological polar surface area (TPSA) is 33.7 Å². The lowest BCUT2D eigenvalue weighted by Gasteiger charge is -2.32. The van der Waals surface area contributed by atoms with Crippen LogP contribution in [0.2, 0.25) is 0 Å². The third-order valence-electron chi connectivity index (χ3n) is 3.24. The summed E-state index contributed by atoms with van der Waals surface area (Å²) in [7, 11) is 0. The number of rotatable bonds is 9. The van der Waals surface area contributed by atoms with Crippen LogP contribution in [0.15, 0.2) is 0 Å². The third kappa shape index (κ3) is 7.31. The minimum absolute atomic E-state index is 0.342. The number of morpholine rings is 1. The van der Waals surface area contributed by atoms with Gasteiger partial charge in [-0.3, -0.25) is 4.90 Å². The molecule has 1 N–H and O–H groups in total. The van der Waals surface area contributed by atoms with Gasteiger partial charge in [0.05, 0.1) is 19.3 Å². The molecule has 0 unspecified atom stereocenters. The van der Waals surface area contributed by atoms with E-state index < -0.39 is 0 Å². The normalized spacial score (nSPS) is 21.7. The molecule has 1 aliphatic rings. The molecule has 0 aliphatic carbocycles. The smallest absolute Gasteiger partial charge is 0.0826 e. The van der Waals surface area contributed by atoms with Gasteiger partial charge in [0.1, 0.15) is 0 Å². The average Bonchev–Trinajstić information content (AvgIpc) is 2.36. The molecule has 4 heteroatoms. The van der Waals surface area contributed by atoms with Gasteiger partial charge in [-0.15, -0.1) is 0 Å². The van der Waals surface area contributed by atoms with E-state index in [4.69, 9.17) is 9.47 Å². The SMILES string of the molecule is CCNC[C@H]1CN(CCOCCC(C)C)CCO1. The van der Waals surface area contributed by atoms with Crippen LogP contribution in [0, 0.1) is 5.92 Å². The first-order valence-corrected chi connectivity index (χ1v) is 7.34. The lowest BCUT2D eigenvalue weighted by molar-refractivity contribution is -0.0349. The van der Waals surface area contributed by atoms with Crippen LogP contribution >= 0.6 is 0 Å². The van der Waals surface area contributed by atoms with E-state index in [2.05, 4.69) is 31.0 Å². The Balaban J connectivity index is 2.03. The van der Waals surface area contributed by atoms with E-state index >= 15 is 0 Å². The second kappa shape index (κ2) is 9.73. The maximum atomic E-state index is 5.72. The molecule has 0 aromatic heterocycles. The molecule has 0 amide bonds. The predicted octanol–water partition coefficient (Wildman–Crippen LogP) is 1.36. The van der Waals surface area contributed by atoms with E-state index in [1.54, 1.807) is 0 Å². The van der Waals surface area contributed by atoms with Crippen LogP contribution < -0.4 is 5.32 Å². The lowest BCUT2D eigenvalue weighted by atomic mass is 10.1. The first-order valence-electron chi connectivity index (χ1n) is 7.34. The summed E-state index contributed by atoms with van der Waals surface area (Å²) in [5, 5.41) is 3.34. The Labute approximate surface area is 112 Å². The summed E-state index contributed by atoms with van der Waals surface area (Å²) in [5.41, 5.74) is 0. The summed E-state index contributed by atoms with van der Waals surface area (Å²) >= 11 is 0. The zero-order valence-electron chi connectivity index (χ0n) is 12.3. The summed E-state index contributed by atoms with van der Waals surface area (Å²) in [5.74, 6) is 0.734. The molecule has 1 saturated heterocycles. The first kappa shape index (κ1) is 15.9. The quantitative estimate of drug-likeness (QED) is 0.633. The van der Waals surface area contributed by atoms with Crippen LogP contribution in [-0.4, -0.2) is 63.5 Å². The largest absolute Gasteiger partial charge is 0.380 e. The summed E-state index contributed by atoms with van der Waals surface area (Å²) in [6, 6.07) is 0. The van der Waals surface area contributed by atoms with E-state index in [1.165, 1.54) is 0 Å². The molecule has 0 bridgehead atoms. The molecule has 1 aliphatic heterocycles. The highest BCUT2D eigenvalue weighted by Gasteiger charge is 2.19. The maximum Gasteiger partial charge on any atom is 0.0826 e. The number of nitrogens with zero attached hydrogens (tertiary/aromatic N) is 1. The van der Waals surface area contributed by atoms with Crippen LogP contribution in [0.25, 0.3) is 0 Å². The molecular formula is C14H30N2O2. The summed E-state index contributed by atoms with van der Waals surface area (Å²) in [4.78, 5) is 2.45. The van der Waals surface area contributed by atoms with Crippen molar-refractivity contribution in [2.24, 2.45) is 5.92 Å². The lowest BCUT2D eigenvalue weighted by Crippen LogP contribution is -2.47. The van der Waals surface area contributed by atoms with Gasteiger partial charge in [-0.05, 0) is 18.9 Å². The van der Waals surface area contributed by atoms with Crippen molar-refractivity contribution in [1.29, 1.82) is 0 Å². The molecular weight excluding hydrogens is 228 g/mol. The van der Waals surface area contributed by atoms with Crippen LogP contribution in [0.5, 0.6) is 0 Å². The van der Waals surface area contributed by atoms with Crippen molar-refractivity contribution in [2.75, 3.05) is 52.5 Å². The monoisotopic (exact) mass is 258 g/mol. The van der Waals surface area contributed by atoms with Crippen molar-refractivity contribution in [3.63, 3.8) is 0 Å². The molecule has 1 atom stereocenters. The van der Waals surface area contributed by atoms with Crippen LogP contribution in [-0.2, 0) is 9.47 Å². The van der Waals surface area contributed by atoms with E-state index in [0.717, 1.165) is 64.9 Å². The molecule has 1 rings (SSSR count). The Bertz CT molecular complexity index is 200. The van der Waals surface area contributed by atoms with Crippen molar-refractivity contribution in [3.8, 4) is 0 Å². The third-order valence-corrected chi connectivity index (χ3v) is 3.24. The average molecular weight is 258 g/mol. The molecule has 108 valence electrons. The Hall–Kier alpha value is -0.160. The summed E-state index contributed by atoms with van der Waals surface area (Å²) < 4.78 is 11.4. The molecule has 1 fully saturated rings. The van der Waals surface area contributed by atoms with Crippen molar-refractivity contribution in [1.82, 2.24) is 10.2 Å². The van der Waals surface area contributed by atoms with Gasteiger partial charge < -0.3 is 14.8 Å². The van der Waals surface area contributed by atoms with Crippen LogP contribution in [0.3, 0.4) is 0 Å². The Morgan fingerprint density at radius 1 is 1.39 bits per heavy atom. The molecule has 0 aromatic carbocycles. The highest BCUT2D eigenvalue weighted by atomic mass is 16.5. The van der Waals surface area contributed by atoms with Gasteiger partial charge >= 0.3 is 0 Å². The first-order chi connectivity index (χ1) is 8.72. The zero-order valence-corrected chi connectivity index (χ0v) is 12.3. The Morgan fingerprint density at radius 2 is 2.22 bits per heavy atom. The highest BCUT2D eigenvalue weighted by Crippen LogP contribution is 2.04. The van der Waals surface area contributed by atoms with Gasteiger partial charge in [-0.25, -0.2) is 0 Å². The van der Waals surface area contributed by atoms with Crippen molar-refractivity contribution >= 4 is 0 Å². The van der Waals surface area contributed by atoms with Gasteiger partial charge in [0.15, 0.2) is 0 Å². The fourth-order valence-electron chi connectivity index (χ4n) is 2.03. The number of hydrogen-bond donors (Lipinski definition) is 1. The summed E-state index contributed by atoms with van der Waals surface area (Å²) in [6.07, 6.45) is 1.50. The second-order valence-corrected chi connectivity index (χ2v) is 5.40. The number of likely N-dealkylation sites (N-methyl/N-ethyl adjacent to an activating group) is 1. The second-order valence-electron chi connectivity index (χ2n) is 5.40. The molecule has 18 heavy (non-hydrogen) atoms. The minimum atomic E-state index is 0.342. The van der Waals surface area contributed by atoms with E-state index in [0.29, 0.717) is 6.10 Å². The van der Waals surface area contributed by atoms with Gasteiger partial charge in [-0.1, -0.05) is 20.8 Å². The number of hydrogen-bond acceptors (Lipinski definition) is 4. The number of ether oxygens (including phenoxy) is 2. The van der Waals surface area contributed by atoms with Crippen molar-refractivity contribution < 1.29 is 9.47 Å². The fraction of sp³-hybridized carbons (Fsp3) is 1.00. The van der Waals surface area contributed by atoms with Crippen molar-refractivity contribution in [2.45, 2.75) is 33.3 Å². The summed E-state index contributed by atoms with van der Waals surface area (Å²) in [6.45, 7) is 14.3. The highest BCUT2D eigenvalue weighted by molar-refractivity contribution is 4.73. The standard InChI is InChI=1S/C14H30N2O2/c1-4-15-11-14-12-16(7-10-18-14)6-9-17-8-5-13(2)3/h13-15H,4-12H2,1-3H3/t14-/m0/s1. The van der Waals surface area contributed by atoms with Crippen molar-refractivity contribution in [3.05, 3.63) is 0 Å². The molecule has 0 radical (unpaired) electrons. The van der Waals surface area contributed by atoms with Gasteiger partial charge in [-0.2, -0.15) is 0 Å². The predicted molar refractivity (Wildman–Crippen MR) is 75.0 cm³/mol. The van der Waals surface area contributed by atoms with E-state index in [-0.39, 0.29) is 0 Å². The molecule has 1 heterocycles. The van der Waals surface area contributed by atoms with Gasteiger partial charge in [0.25, 0.3) is 0 Å². The molecule has 0 saturated carbocycles. The van der Waals surface area contributed by atoms with E-state index in [9.17, 15) is 0 Å². The Morgan fingerprint density at radius 3 is 2.94 bits per heavy atom. The minimum Gasteiger partial charge on any atom is -0.380 e. The molecule has 0 aromatic rings. The zero-order chi connectivity index (χ0) is 13.2. The fourth-order valence-corrected chi connectivity index (χ4v) is 2.03. The number of nitrogens with one attached hydrogen (secondary N) is 1. The maximum absolute atomic E-state index is 5.72. The van der Waals surface area contributed by atoms with Crippen LogP contribution in [0.4, 0.5) is 0 Å². The molecule has 0 spiro atoms. The van der Waals surface area contributed by atoms with Gasteiger partial charge in [0, 0.05) is 32.8 Å². The van der Waals surface area contributed by atoms with E-state index in [1.807, 2.05) is 0 Å².